The first-order valence-electron chi connectivity index (χ1n) is 10.5. The van der Waals surface area contributed by atoms with Crippen LogP contribution in [0, 0.1) is 16.0 Å². The quantitative estimate of drug-likeness (QED) is 0.379. The summed E-state index contributed by atoms with van der Waals surface area (Å²) in [7, 11) is 0. The van der Waals surface area contributed by atoms with E-state index in [1.54, 1.807) is 43.9 Å². The molecule has 1 aliphatic heterocycles. The van der Waals surface area contributed by atoms with E-state index in [9.17, 15) is 19.7 Å². The molecular formula is C22H33N3O5. The molecule has 1 aromatic rings. The molecule has 0 aromatic heterocycles. The molecule has 0 radical (unpaired) electrons. The van der Waals surface area contributed by atoms with Crippen LogP contribution in [-0.2, 0) is 14.3 Å². The Balaban J connectivity index is 2.06. The van der Waals surface area contributed by atoms with Crippen molar-refractivity contribution >= 4 is 23.3 Å². The Morgan fingerprint density at radius 1 is 1.27 bits per heavy atom. The van der Waals surface area contributed by atoms with Crippen LogP contribution in [0.15, 0.2) is 24.3 Å². The number of rotatable bonds is 7. The fraction of sp³-hybridized carbons (Fsp3) is 0.636. The molecule has 1 aliphatic rings. The van der Waals surface area contributed by atoms with Crippen molar-refractivity contribution in [2.24, 2.45) is 5.92 Å². The van der Waals surface area contributed by atoms with E-state index in [-0.39, 0.29) is 35.0 Å². The second kappa shape index (κ2) is 9.91. The summed E-state index contributed by atoms with van der Waals surface area (Å²) in [4.78, 5) is 40.1. The van der Waals surface area contributed by atoms with Crippen LogP contribution in [0.3, 0.4) is 0 Å². The van der Waals surface area contributed by atoms with E-state index in [1.165, 1.54) is 6.07 Å². The predicted octanol–water partition coefficient (Wildman–Crippen LogP) is 3.78. The van der Waals surface area contributed by atoms with Crippen molar-refractivity contribution in [1.82, 2.24) is 4.90 Å². The molecule has 1 atom stereocenters. The van der Waals surface area contributed by atoms with Crippen molar-refractivity contribution in [2.45, 2.75) is 65.5 Å². The molecule has 0 spiro atoms. The Labute approximate surface area is 178 Å². The molecule has 1 amide bonds. The van der Waals surface area contributed by atoms with Gasteiger partial charge in [-0.1, -0.05) is 19.1 Å². The fourth-order valence-corrected chi connectivity index (χ4v) is 3.67. The van der Waals surface area contributed by atoms with E-state index in [2.05, 4.69) is 0 Å². The SMILES string of the molecule is CC[C@H](C)N(CC(=O)OC(C)(C)C)C(=O)C1CCN(c2ccccc2[N+](=O)[O-])CC1. The molecule has 166 valence electrons. The average Bonchev–Trinajstić information content (AvgIpc) is 2.69. The summed E-state index contributed by atoms with van der Waals surface area (Å²) in [5.74, 6) is -0.661. The van der Waals surface area contributed by atoms with E-state index in [0.29, 0.717) is 31.6 Å². The Kier molecular flexibility index (Phi) is 7.81. The van der Waals surface area contributed by atoms with Gasteiger partial charge in [0.05, 0.1) is 4.92 Å². The van der Waals surface area contributed by atoms with E-state index < -0.39 is 11.6 Å². The lowest BCUT2D eigenvalue weighted by molar-refractivity contribution is -0.384. The van der Waals surface area contributed by atoms with Crippen molar-refractivity contribution in [3.63, 3.8) is 0 Å². The molecule has 0 aliphatic carbocycles. The van der Waals surface area contributed by atoms with Gasteiger partial charge in [0.2, 0.25) is 5.91 Å². The maximum absolute atomic E-state index is 13.2. The zero-order chi connectivity index (χ0) is 22.5. The summed E-state index contributed by atoms with van der Waals surface area (Å²) in [6.07, 6.45) is 1.92. The van der Waals surface area contributed by atoms with Crippen LogP contribution in [-0.4, -0.2) is 53.0 Å². The molecule has 1 saturated heterocycles. The lowest BCUT2D eigenvalue weighted by Crippen LogP contribution is -2.48. The van der Waals surface area contributed by atoms with Crippen LogP contribution in [0.25, 0.3) is 0 Å². The number of piperidine rings is 1. The minimum atomic E-state index is -0.600. The molecule has 2 rings (SSSR count). The fourth-order valence-electron chi connectivity index (χ4n) is 3.67. The van der Waals surface area contributed by atoms with Crippen LogP contribution < -0.4 is 4.90 Å². The van der Waals surface area contributed by atoms with Crippen LogP contribution in [0.1, 0.15) is 53.9 Å². The van der Waals surface area contributed by atoms with E-state index >= 15 is 0 Å². The van der Waals surface area contributed by atoms with Crippen LogP contribution >= 0.6 is 0 Å². The Morgan fingerprint density at radius 2 is 1.87 bits per heavy atom. The van der Waals surface area contributed by atoms with Crippen molar-refractivity contribution in [3.05, 3.63) is 34.4 Å². The minimum absolute atomic E-state index is 0.0441. The topological polar surface area (TPSA) is 93.0 Å². The molecular weight excluding hydrogens is 386 g/mol. The zero-order valence-corrected chi connectivity index (χ0v) is 18.6. The number of carbonyl (C=O) groups is 2. The summed E-state index contributed by atoms with van der Waals surface area (Å²) < 4.78 is 5.41. The summed E-state index contributed by atoms with van der Waals surface area (Å²) in [6.45, 7) is 10.4. The molecule has 8 nitrogen and oxygen atoms in total. The van der Waals surface area contributed by atoms with Gasteiger partial charge in [-0.2, -0.15) is 0 Å². The Hall–Kier alpha value is -2.64. The van der Waals surface area contributed by atoms with Crippen molar-refractivity contribution in [3.8, 4) is 0 Å². The highest BCUT2D eigenvalue weighted by Crippen LogP contribution is 2.32. The van der Waals surface area contributed by atoms with Gasteiger partial charge in [0.15, 0.2) is 0 Å². The van der Waals surface area contributed by atoms with E-state index in [1.807, 2.05) is 18.7 Å². The molecule has 30 heavy (non-hydrogen) atoms. The first-order valence-corrected chi connectivity index (χ1v) is 10.5. The van der Waals surface area contributed by atoms with Gasteiger partial charge in [-0.25, -0.2) is 0 Å². The molecule has 0 saturated carbocycles. The minimum Gasteiger partial charge on any atom is -0.459 e. The number of nitrogens with zero attached hydrogens (tertiary/aromatic N) is 3. The summed E-state index contributed by atoms with van der Waals surface area (Å²) >= 11 is 0. The number of nitro groups is 1. The van der Waals surface area contributed by atoms with E-state index in [0.717, 1.165) is 6.42 Å². The average molecular weight is 420 g/mol. The molecule has 1 aromatic carbocycles. The van der Waals surface area contributed by atoms with Crippen molar-refractivity contribution < 1.29 is 19.2 Å². The van der Waals surface area contributed by atoms with Crippen LogP contribution in [0.2, 0.25) is 0 Å². The van der Waals surface area contributed by atoms with Crippen molar-refractivity contribution in [2.75, 3.05) is 24.5 Å². The molecule has 8 heteroatoms. The second-order valence-corrected chi connectivity index (χ2v) is 8.82. The highest BCUT2D eigenvalue weighted by atomic mass is 16.6. The van der Waals surface area contributed by atoms with Gasteiger partial charge in [-0.3, -0.25) is 19.7 Å². The lowest BCUT2D eigenvalue weighted by Gasteiger charge is -2.37. The molecule has 1 heterocycles. The van der Waals surface area contributed by atoms with Gasteiger partial charge < -0.3 is 14.5 Å². The maximum Gasteiger partial charge on any atom is 0.326 e. The second-order valence-electron chi connectivity index (χ2n) is 8.82. The number of carbonyl (C=O) groups excluding carboxylic acids is 2. The Morgan fingerprint density at radius 3 is 2.40 bits per heavy atom. The van der Waals surface area contributed by atoms with Gasteiger partial charge >= 0.3 is 5.97 Å². The third-order valence-corrected chi connectivity index (χ3v) is 5.39. The third-order valence-electron chi connectivity index (χ3n) is 5.39. The number of esters is 1. The smallest absolute Gasteiger partial charge is 0.326 e. The highest BCUT2D eigenvalue weighted by Gasteiger charge is 2.33. The standard InChI is InChI=1S/C22H33N3O5/c1-6-16(2)24(15-20(26)30-22(3,4)5)21(27)17-11-13-23(14-12-17)18-9-7-8-10-19(18)25(28)29/h7-10,16-17H,6,11-15H2,1-5H3/t16-/m0/s1. The largest absolute Gasteiger partial charge is 0.459 e. The summed E-state index contributed by atoms with van der Waals surface area (Å²) in [5.41, 5.74) is 0.0612. The number of para-hydroxylation sites is 2. The van der Waals surface area contributed by atoms with Gasteiger partial charge in [-0.15, -0.1) is 0 Å². The van der Waals surface area contributed by atoms with Gasteiger partial charge in [-0.05, 0) is 53.0 Å². The van der Waals surface area contributed by atoms with Crippen LogP contribution in [0.4, 0.5) is 11.4 Å². The zero-order valence-electron chi connectivity index (χ0n) is 18.6. The van der Waals surface area contributed by atoms with Gasteiger partial charge in [0, 0.05) is 31.1 Å². The van der Waals surface area contributed by atoms with Gasteiger partial charge in [0.1, 0.15) is 17.8 Å². The number of amides is 1. The first-order chi connectivity index (χ1) is 14.0. The molecule has 0 bridgehead atoms. The predicted molar refractivity (Wildman–Crippen MR) is 115 cm³/mol. The highest BCUT2D eigenvalue weighted by molar-refractivity contribution is 5.84. The van der Waals surface area contributed by atoms with Crippen LogP contribution in [0.5, 0.6) is 0 Å². The number of hydrogen-bond acceptors (Lipinski definition) is 6. The molecule has 0 unspecified atom stereocenters. The summed E-state index contributed by atoms with van der Waals surface area (Å²) in [6, 6.07) is 6.61. The molecule has 1 fully saturated rings. The normalized spacial score (nSPS) is 16.1. The Bertz CT molecular complexity index is 766. The lowest BCUT2D eigenvalue weighted by atomic mass is 9.94. The van der Waals surface area contributed by atoms with E-state index in [4.69, 9.17) is 4.74 Å². The monoisotopic (exact) mass is 419 g/mol. The first kappa shape index (κ1) is 23.6. The number of anilines is 1. The maximum atomic E-state index is 13.2. The third kappa shape index (κ3) is 6.18. The number of nitro benzene ring substituents is 1. The summed E-state index contributed by atoms with van der Waals surface area (Å²) in [5, 5.41) is 11.3. The number of ether oxygens (including phenoxy) is 1. The van der Waals surface area contributed by atoms with Gasteiger partial charge in [0.25, 0.3) is 5.69 Å². The number of hydrogen-bond donors (Lipinski definition) is 0. The molecule has 0 N–H and O–H groups in total. The van der Waals surface area contributed by atoms with Crippen molar-refractivity contribution in [1.29, 1.82) is 0 Å². The number of benzene rings is 1.